The lowest BCUT2D eigenvalue weighted by Gasteiger charge is -2.31. The van der Waals surface area contributed by atoms with Crippen LogP contribution >= 0.6 is 39.5 Å². The van der Waals surface area contributed by atoms with E-state index in [1.165, 1.54) is 56.5 Å². The van der Waals surface area contributed by atoms with Crippen LogP contribution in [0.15, 0.2) is 245 Å². The van der Waals surface area contributed by atoms with E-state index in [2.05, 4.69) is 198 Å². The van der Waals surface area contributed by atoms with Crippen molar-refractivity contribution in [3.63, 3.8) is 0 Å². The average molecular weight is 1210 g/mol. The first kappa shape index (κ1) is 57.0. The van der Waals surface area contributed by atoms with Gasteiger partial charge >= 0.3 is 16.5 Å². The molecule has 0 spiro atoms. The summed E-state index contributed by atoms with van der Waals surface area (Å²) in [5, 5.41) is 0. The largest absolute Gasteiger partial charge is 0.470 e. The Kier molecular flexibility index (Phi) is 17.7. The van der Waals surface area contributed by atoms with Gasteiger partial charge in [0.1, 0.15) is 11.5 Å². The van der Waals surface area contributed by atoms with Gasteiger partial charge in [0, 0.05) is 24.1 Å². The summed E-state index contributed by atoms with van der Waals surface area (Å²) in [7, 11) is -24.4. The molecule has 0 aliphatic heterocycles. The van der Waals surface area contributed by atoms with E-state index in [0.29, 0.717) is 0 Å². The van der Waals surface area contributed by atoms with Crippen LogP contribution in [0.25, 0.3) is 22.3 Å². The molecule has 0 atom stereocenters. The minimum absolute atomic E-state index is 0.311. The van der Waals surface area contributed by atoms with Gasteiger partial charge in [-0.25, -0.2) is 0 Å². The summed E-state index contributed by atoms with van der Waals surface area (Å²) in [6.07, 6.45) is 0. The predicted molar refractivity (Wildman–Crippen MR) is 276 cm³/mol. The van der Waals surface area contributed by atoms with Crippen molar-refractivity contribution in [1.29, 1.82) is 0 Å². The van der Waals surface area contributed by atoms with Crippen molar-refractivity contribution in [3.8, 4) is 33.8 Å². The van der Waals surface area contributed by atoms with Crippen molar-refractivity contribution in [2.24, 2.45) is 0 Å². The molecule has 0 aliphatic carbocycles. The maximum absolute atomic E-state index is 12.0. The Morgan fingerprint density at radius 2 is 0.613 bits per heavy atom. The molecule has 0 fully saturated rings. The van der Waals surface area contributed by atoms with Gasteiger partial charge in [0.15, 0.2) is 44.2 Å². The first-order valence-corrected chi connectivity index (χ1v) is 29.3. The molecule has 0 saturated carbocycles. The zero-order chi connectivity index (χ0) is 54.4. The van der Waals surface area contributed by atoms with Gasteiger partial charge in [0.25, 0.3) is 0 Å². The molecule has 0 radical (unpaired) electrons. The molecule has 0 heterocycles. The Labute approximate surface area is 445 Å². The summed E-state index contributed by atoms with van der Waals surface area (Å²) >= 11 is 7.09. The van der Waals surface area contributed by atoms with Gasteiger partial charge in [-0.3, -0.25) is 25.3 Å². The Morgan fingerprint density at radius 3 is 0.907 bits per heavy atom. The highest BCUT2D eigenvalue weighted by Gasteiger charge is 2.63. The molecule has 0 aromatic heterocycles. The van der Waals surface area contributed by atoms with Crippen LogP contribution in [0.3, 0.4) is 0 Å². The molecule has 0 aliphatic rings. The van der Waals surface area contributed by atoms with E-state index in [-0.39, 0.29) is 10.9 Å². The van der Waals surface area contributed by atoms with E-state index in [9.17, 15) is 64.8 Å². The van der Waals surface area contributed by atoms with Crippen LogP contribution in [0.5, 0.6) is 11.5 Å². The van der Waals surface area contributed by atoms with E-state index in [0.717, 1.165) is 16.0 Å². The van der Waals surface area contributed by atoms with Gasteiger partial charge in [-0.2, -0.15) is 39.5 Å². The molecule has 7 nitrogen and oxygen atoms in total. The maximum Gasteiger partial charge on any atom is 0.470 e. The van der Waals surface area contributed by atoms with E-state index < -0.39 is 50.0 Å². The number of alkyl halides is 9. The van der Waals surface area contributed by atoms with Crippen LogP contribution in [0.2, 0.25) is 0 Å². The molecule has 390 valence electrons. The average Bonchev–Trinajstić information content (AvgIpc) is 3.37. The van der Waals surface area contributed by atoms with E-state index in [1.54, 1.807) is 23.5 Å². The first-order valence-electron chi connectivity index (χ1n) is 21.2. The number of halogens is 10. The van der Waals surface area contributed by atoms with Gasteiger partial charge in [-0.05, 0) is 144 Å². The quantitative estimate of drug-likeness (QED) is 0.0597. The van der Waals surface area contributed by atoms with Gasteiger partial charge < -0.3 is 4.74 Å². The molecule has 0 bridgehead atoms. The summed E-state index contributed by atoms with van der Waals surface area (Å²) in [6.45, 7) is 0. The van der Waals surface area contributed by atoms with Crippen LogP contribution in [0.1, 0.15) is 0 Å². The fourth-order valence-corrected chi connectivity index (χ4v) is 16.3. The van der Waals surface area contributed by atoms with Crippen LogP contribution in [-0.4, -0.2) is 41.8 Å². The smallest absolute Gasteiger partial charge is 0.457 e. The molecule has 8 aromatic carbocycles. The normalized spacial score (nSPS) is 12.5. The molecule has 0 unspecified atom stereocenters. The summed E-state index contributed by atoms with van der Waals surface area (Å²) < 4.78 is 175. The third-order valence-corrected chi connectivity index (χ3v) is 22.1. The Morgan fingerprint density at radius 1 is 0.360 bits per heavy atom. The SMILES string of the molecule is Brc1ccc(Oc2ccc([S+](c3ccc(Sc4ccc(-c5ccccc5)cc4)cc3)c3ccc(Sc4ccc(-c5ccccc5)cc4)cc3)cc2)cc1.O=S(=O)([C-](S(=O)(=O)C(F)(F)F)S(=O)(=O)C(F)(F)F)C(F)(F)F. The molecule has 0 saturated heterocycles. The predicted octanol–water partition coefficient (Wildman–Crippen LogP) is 16.2. The standard InChI is InChI=1S/C48H34BrOS3.C4F9O6S3/c49-39-15-17-40(18-16-39)50-41-19-29-46(30-20-41)53(47-31-25-44(26-32-47)51-42-21-11-37(12-22-42)35-7-3-1-4-8-35)48-33-27-45(28-34-48)52-43-23-13-38(14-24-43)36-9-5-2-6-10-36;5-2(6,7)20(14,15)1(21(16,17)3(8,9)10)22(18,19)4(11,12)13/h1-34H;/q+1;-1. The number of rotatable bonds is 14. The van der Waals surface area contributed by atoms with Crippen molar-refractivity contribution in [3.05, 3.63) is 215 Å². The van der Waals surface area contributed by atoms with Crippen molar-refractivity contribution in [1.82, 2.24) is 0 Å². The monoisotopic (exact) mass is 1210 g/mol. The highest BCUT2D eigenvalue weighted by molar-refractivity contribution is 9.10. The van der Waals surface area contributed by atoms with E-state index in [1.807, 2.05) is 24.3 Å². The van der Waals surface area contributed by atoms with E-state index >= 15 is 0 Å². The lowest BCUT2D eigenvalue weighted by atomic mass is 10.1. The van der Waals surface area contributed by atoms with Crippen LogP contribution in [-0.2, 0) is 40.4 Å². The van der Waals surface area contributed by atoms with Gasteiger partial charge in [0.05, 0.1) is 14.8 Å². The van der Waals surface area contributed by atoms with Crippen molar-refractivity contribution < 1.29 is 69.5 Å². The van der Waals surface area contributed by atoms with Crippen LogP contribution in [0.4, 0.5) is 39.5 Å². The van der Waals surface area contributed by atoms with Crippen molar-refractivity contribution in [2.75, 3.05) is 0 Å². The Bertz CT molecular complexity index is 3310. The molecule has 0 amide bonds. The van der Waals surface area contributed by atoms with Crippen molar-refractivity contribution >= 4 is 79.9 Å². The molecule has 23 heteroatoms. The summed E-state index contributed by atoms with van der Waals surface area (Å²) in [4.78, 5) is 8.66. The Balaban J connectivity index is 0.000000316. The second-order valence-corrected chi connectivity index (χ2v) is 27.0. The minimum Gasteiger partial charge on any atom is -0.457 e. The fraction of sp³-hybridized carbons (Fsp3) is 0.0577. The van der Waals surface area contributed by atoms with E-state index in [4.69, 9.17) is 4.74 Å². The number of benzene rings is 8. The number of ether oxygens (including phenoxy) is 1. The third kappa shape index (κ3) is 13.8. The molecule has 8 aromatic rings. The first-order chi connectivity index (χ1) is 35.2. The lowest BCUT2D eigenvalue weighted by Crippen LogP contribution is -2.47. The third-order valence-electron chi connectivity index (χ3n) is 10.2. The molecule has 8 rings (SSSR count). The summed E-state index contributed by atoms with van der Waals surface area (Å²) in [6, 6.07) is 73.3. The fourth-order valence-electron chi connectivity index (χ4n) is 6.66. The summed E-state index contributed by atoms with van der Waals surface area (Å²) in [5.74, 6) is 1.63. The zero-order valence-electron chi connectivity index (χ0n) is 37.7. The second kappa shape index (κ2) is 23.3. The highest BCUT2D eigenvalue weighted by atomic mass is 79.9. The Hall–Kier alpha value is -5.69. The zero-order valence-corrected chi connectivity index (χ0v) is 44.2. The lowest BCUT2D eigenvalue weighted by molar-refractivity contribution is -0.0471. The highest BCUT2D eigenvalue weighted by Crippen LogP contribution is 2.48. The number of hydrogen-bond acceptors (Lipinski definition) is 9. The van der Waals surface area contributed by atoms with Gasteiger partial charge in [-0.15, -0.1) is 0 Å². The maximum atomic E-state index is 12.0. The van der Waals surface area contributed by atoms with Crippen molar-refractivity contribution in [2.45, 2.75) is 50.8 Å². The van der Waals surface area contributed by atoms with Crippen LogP contribution in [0, 0.1) is 3.91 Å². The molecular formula is C52H34BrF9O7S6. The molecular weight excluding hydrogens is 1180 g/mol. The second-order valence-electron chi connectivity index (χ2n) is 15.4. The molecule has 75 heavy (non-hydrogen) atoms. The number of hydrogen-bond donors (Lipinski definition) is 0. The number of sulfone groups is 3. The molecule has 0 N–H and O–H groups in total. The van der Waals surface area contributed by atoms with Gasteiger partial charge in [-0.1, -0.05) is 124 Å². The van der Waals surface area contributed by atoms with Crippen LogP contribution < -0.4 is 4.74 Å². The topological polar surface area (TPSA) is 112 Å². The minimum atomic E-state index is -8.02. The van der Waals surface area contributed by atoms with Gasteiger partial charge in [0.2, 0.25) is 0 Å². The summed E-state index contributed by atoms with van der Waals surface area (Å²) in [5.41, 5.74) is -16.2.